The van der Waals surface area contributed by atoms with E-state index < -0.39 is 0 Å². The third kappa shape index (κ3) is 5.05. The summed E-state index contributed by atoms with van der Waals surface area (Å²) < 4.78 is 5.62. The Labute approximate surface area is 119 Å². The van der Waals surface area contributed by atoms with Crippen molar-refractivity contribution in [1.82, 2.24) is 10.2 Å². The molecule has 2 fully saturated rings. The lowest BCUT2D eigenvalue weighted by Gasteiger charge is -2.37. The van der Waals surface area contributed by atoms with Gasteiger partial charge in [0.15, 0.2) is 0 Å². The summed E-state index contributed by atoms with van der Waals surface area (Å²) >= 11 is 0. The smallest absolute Gasteiger partial charge is 0.0593 e. The van der Waals surface area contributed by atoms with Gasteiger partial charge < -0.3 is 15.0 Å². The molecule has 1 N–H and O–H groups in total. The molecular formula is C16H32N2O. The van der Waals surface area contributed by atoms with E-state index in [1.165, 1.54) is 51.4 Å². The quantitative estimate of drug-likeness (QED) is 0.718. The summed E-state index contributed by atoms with van der Waals surface area (Å²) in [6, 6.07) is 0.753. The normalized spacial score (nSPS) is 23.5. The summed E-state index contributed by atoms with van der Waals surface area (Å²) in [6.07, 6.45) is 11.7. The predicted molar refractivity (Wildman–Crippen MR) is 80.5 cm³/mol. The first-order valence-electron chi connectivity index (χ1n) is 8.16. The third-order valence-corrected chi connectivity index (χ3v) is 5.07. The molecule has 1 spiro atoms. The van der Waals surface area contributed by atoms with Crippen molar-refractivity contribution >= 4 is 0 Å². The molecule has 0 aliphatic heterocycles. The lowest BCUT2D eigenvalue weighted by Crippen LogP contribution is -2.38. The van der Waals surface area contributed by atoms with Crippen molar-refractivity contribution in [2.45, 2.75) is 57.4 Å². The largest absolute Gasteiger partial charge is 0.379 e. The molecule has 0 bridgehead atoms. The highest BCUT2D eigenvalue weighted by Crippen LogP contribution is 2.48. The van der Waals surface area contributed by atoms with Gasteiger partial charge in [-0.1, -0.05) is 12.8 Å². The van der Waals surface area contributed by atoms with Crippen LogP contribution in [0.2, 0.25) is 0 Å². The highest BCUT2D eigenvalue weighted by Gasteiger charge is 2.37. The minimum absolute atomic E-state index is 0.753. The first-order chi connectivity index (χ1) is 9.20. The Hall–Kier alpha value is -0.120. The van der Waals surface area contributed by atoms with E-state index in [1.54, 1.807) is 0 Å². The van der Waals surface area contributed by atoms with Crippen LogP contribution in [0.3, 0.4) is 0 Å². The van der Waals surface area contributed by atoms with Gasteiger partial charge in [-0.3, -0.25) is 0 Å². The van der Waals surface area contributed by atoms with Gasteiger partial charge in [0.25, 0.3) is 0 Å². The molecule has 0 saturated heterocycles. The molecule has 2 saturated carbocycles. The van der Waals surface area contributed by atoms with Crippen molar-refractivity contribution in [3.8, 4) is 0 Å². The summed E-state index contributed by atoms with van der Waals surface area (Å²) in [5.74, 6) is 0. The lowest BCUT2D eigenvalue weighted by molar-refractivity contribution is 0.111. The first kappa shape index (κ1) is 15.3. The zero-order chi connectivity index (χ0) is 13.6. The molecule has 0 aromatic carbocycles. The SMILES string of the molecule is CN(C)CCOCCNC1CCC2(CCCC2)CC1. The van der Waals surface area contributed by atoms with Gasteiger partial charge in [-0.05, 0) is 58.0 Å². The second kappa shape index (κ2) is 7.61. The van der Waals surface area contributed by atoms with Crippen LogP contribution in [-0.2, 0) is 4.74 Å². The van der Waals surface area contributed by atoms with Gasteiger partial charge in [-0.15, -0.1) is 0 Å². The maximum Gasteiger partial charge on any atom is 0.0593 e. The Morgan fingerprint density at radius 2 is 1.74 bits per heavy atom. The fraction of sp³-hybridized carbons (Fsp3) is 1.00. The number of hydrogen-bond acceptors (Lipinski definition) is 3. The summed E-state index contributed by atoms with van der Waals surface area (Å²) in [5.41, 5.74) is 0.764. The summed E-state index contributed by atoms with van der Waals surface area (Å²) in [7, 11) is 4.17. The van der Waals surface area contributed by atoms with E-state index in [1.807, 2.05) is 0 Å². The van der Waals surface area contributed by atoms with Crippen LogP contribution in [0, 0.1) is 5.41 Å². The van der Waals surface area contributed by atoms with E-state index in [0.717, 1.165) is 37.8 Å². The highest BCUT2D eigenvalue weighted by atomic mass is 16.5. The van der Waals surface area contributed by atoms with Crippen molar-refractivity contribution in [1.29, 1.82) is 0 Å². The third-order valence-electron chi connectivity index (χ3n) is 5.07. The van der Waals surface area contributed by atoms with Crippen LogP contribution in [0.4, 0.5) is 0 Å². The molecule has 2 aliphatic rings. The van der Waals surface area contributed by atoms with Crippen molar-refractivity contribution in [2.75, 3.05) is 40.4 Å². The molecule has 2 aliphatic carbocycles. The van der Waals surface area contributed by atoms with Gasteiger partial charge in [-0.25, -0.2) is 0 Å². The maximum absolute atomic E-state index is 5.62. The van der Waals surface area contributed by atoms with Crippen LogP contribution in [0.25, 0.3) is 0 Å². The molecule has 0 aromatic heterocycles. The van der Waals surface area contributed by atoms with Crippen LogP contribution in [0.15, 0.2) is 0 Å². The number of ether oxygens (including phenoxy) is 1. The van der Waals surface area contributed by atoms with Crippen LogP contribution >= 0.6 is 0 Å². The fourth-order valence-corrected chi connectivity index (χ4v) is 3.74. The Morgan fingerprint density at radius 1 is 1.05 bits per heavy atom. The minimum atomic E-state index is 0.753. The standard InChI is InChI=1S/C16H32N2O/c1-18(2)12-14-19-13-11-17-15-5-9-16(10-6-15)7-3-4-8-16/h15,17H,3-14H2,1-2H3. The predicted octanol–water partition coefficient (Wildman–Crippen LogP) is 2.66. The van der Waals surface area contributed by atoms with Crippen LogP contribution in [0.1, 0.15) is 51.4 Å². The molecule has 3 nitrogen and oxygen atoms in total. The van der Waals surface area contributed by atoms with Gasteiger partial charge >= 0.3 is 0 Å². The second-order valence-electron chi connectivity index (χ2n) is 6.85. The molecule has 0 unspecified atom stereocenters. The average Bonchev–Trinajstić information content (AvgIpc) is 2.84. The second-order valence-corrected chi connectivity index (χ2v) is 6.85. The molecule has 0 atom stereocenters. The molecule has 112 valence electrons. The monoisotopic (exact) mass is 268 g/mol. The summed E-state index contributed by atoms with van der Waals surface area (Å²) in [6.45, 7) is 3.75. The Bertz CT molecular complexity index is 239. The summed E-state index contributed by atoms with van der Waals surface area (Å²) in [5, 5.41) is 3.68. The van der Waals surface area contributed by atoms with Crippen molar-refractivity contribution in [3.05, 3.63) is 0 Å². The summed E-state index contributed by atoms with van der Waals surface area (Å²) in [4.78, 5) is 2.16. The van der Waals surface area contributed by atoms with Gasteiger partial charge in [0.1, 0.15) is 0 Å². The Balaban J connectivity index is 1.49. The zero-order valence-corrected chi connectivity index (χ0v) is 12.9. The zero-order valence-electron chi connectivity index (χ0n) is 12.9. The van der Waals surface area contributed by atoms with Gasteiger partial charge in [0, 0.05) is 19.1 Å². The average molecular weight is 268 g/mol. The topological polar surface area (TPSA) is 24.5 Å². The molecular weight excluding hydrogens is 236 g/mol. The number of rotatable bonds is 7. The van der Waals surface area contributed by atoms with Gasteiger partial charge in [0.05, 0.1) is 13.2 Å². The van der Waals surface area contributed by atoms with E-state index in [4.69, 9.17) is 4.74 Å². The molecule has 0 aromatic rings. The highest BCUT2D eigenvalue weighted by molar-refractivity contribution is 4.91. The van der Waals surface area contributed by atoms with E-state index in [2.05, 4.69) is 24.3 Å². The van der Waals surface area contributed by atoms with E-state index >= 15 is 0 Å². The van der Waals surface area contributed by atoms with E-state index in [-0.39, 0.29) is 0 Å². The lowest BCUT2D eigenvalue weighted by atomic mass is 9.71. The van der Waals surface area contributed by atoms with Crippen LogP contribution in [-0.4, -0.2) is 51.3 Å². The number of likely N-dealkylation sites (N-methyl/N-ethyl adjacent to an activating group) is 1. The van der Waals surface area contributed by atoms with Crippen LogP contribution in [0.5, 0.6) is 0 Å². The Kier molecular flexibility index (Phi) is 6.11. The number of nitrogens with one attached hydrogen (secondary N) is 1. The molecule has 0 heterocycles. The first-order valence-corrected chi connectivity index (χ1v) is 8.16. The minimum Gasteiger partial charge on any atom is -0.379 e. The van der Waals surface area contributed by atoms with Crippen molar-refractivity contribution < 1.29 is 4.74 Å². The molecule has 3 heteroatoms. The number of hydrogen-bond donors (Lipinski definition) is 1. The van der Waals surface area contributed by atoms with Crippen LogP contribution < -0.4 is 5.32 Å². The maximum atomic E-state index is 5.62. The fourth-order valence-electron chi connectivity index (χ4n) is 3.74. The number of nitrogens with zero attached hydrogens (tertiary/aromatic N) is 1. The van der Waals surface area contributed by atoms with E-state index in [9.17, 15) is 0 Å². The Morgan fingerprint density at radius 3 is 2.37 bits per heavy atom. The van der Waals surface area contributed by atoms with Gasteiger partial charge in [-0.2, -0.15) is 0 Å². The molecule has 2 rings (SSSR count). The van der Waals surface area contributed by atoms with Crippen molar-refractivity contribution in [2.24, 2.45) is 5.41 Å². The molecule has 19 heavy (non-hydrogen) atoms. The molecule has 0 radical (unpaired) electrons. The van der Waals surface area contributed by atoms with Gasteiger partial charge in [0.2, 0.25) is 0 Å². The van der Waals surface area contributed by atoms with Crippen molar-refractivity contribution in [3.63, 3.8) is 0 Å². The van der Waals surface area contributed by atoms with E-state index in [0.29, 0.717) is 0 Å². The molecule has 0 amide bonds.